The summed E-state index contributed by atoms with van der Waals surface area (Å²) >= 11 is 16.0. The minimum Gasteiger partial charge on any atom is -0.490 e. The monoisotopic (exact) mass is 560 g/mol. The Morgan fingerprint density at radius 1 is 1.00 bits per heavy atom. The van der Waals surface area contributed by atoms with E-state index in [0.29, 0.717) is 49.4 Å². The Kier molecular flexibility index (Phi) is 7.46. The molecule has 0 saturated carbocycles. The lowest BCUT2D eigenvalue weighted by Crippen LogP contribution is -2.35. The molecule has 0 atom stereocenters. The summed E-state index contributed by atoms with van der Waals surface area (Å²) in [7, 11) is 0. The number of hydrazine groups is 1. The average molecular weight is 562 g/mol. The van der Waals surface area contributed by atoms with E-state index in [4.69, 9.17) is 32.7 Å². The SMILES string of the molecule is CCOc1cc(C=C2C(=O)NN(c3ccccc3)C2=O)cc(Br)c1OCc1c(Cl)cccc1Cl. The predicted octanol–water partition coefficient (Wildman–Crippen LogP) is 6.20. The minimum atomic E-state index is -0.489. The van der Waals surface area contributed by atoms with Gasteiger partial charge in [-0.3, -0.25) is 15.0 Å². The fraction of sp³-hybridized carbons (Fsp3) is 0.120. The van der Waals surface area contributed by atoms with Crippen LogP contribution in [-0.2, 0) is 16.2 Å². The van der Waals surface area contributed by atoms with E-state index in [2.05, 4.69) is 21.4 Å². The number of halogens is 3. The van der Waals surface area contributed by atoms with E-state index in [1.165, 1.54) is 11.1 Å². The van der Waals surface area contributed by atoms with Gasteiger partial charge in [-0.1, -0.05) is 47.5 Å². The van der Waals surface area contributed by atoms with Gasteiger partial charge >= 0.3 is 0 Å². The zero-order chi connectivity index (χ0) is 24.2. The number of amides is 2. The third kappa shape index (κ3) is 5.06. The third-order valence-electron chi connectivity index (χ3n) is 4.97. The summed E-state index contributed by atoms with van der Waals surface area (Å²) in [5, 5.41) is 2.21. The maximum absolute atomic E-state index is 12.9. The largest absolute Gasteiger partial charge is 0.490 e. The highest BCUT2D eigenvalue weighted by atomic mass is 79.9. The van der Waals surface area contributed by atoms with Crippen LogP contribution < -0.4 is 19.9 Å². The van der Waals surface area contributed by atoms with E-state index in [9.17, 15) is 9.59 Å². The van der Waals surface area contributed by atoms with Crippen LogP contribution in [0.5, 0.6) is 11.5 Å². The Balaban J connectivity index is 1.63. The number of carbonyl (C=O) groups is 2. The molecule has 0 spiro atoms. The Hall–Kier alpha value is -3.00. The van der Waals surface area contributed by atoms with Gasteiger partial charge in [0.05, 0.1) is 16.8 Å². The lowest BCUT2D eigenvalue weighted by molar-refractivity contribution is -0.117. The summed E-state index contributed by atoms with van der Waals surface area (Å²) in [6.07, 6.45) is 1.52. The number of hydrogen-bond acceptors (Lipinski definition) is 4. The first-order valence-corrected chi connectivity index (χ1v) is 11.9. The van der Waals surface area contributed by atoms with Crippen molar-refractivity contribution in [1.29, 1.82) is 0 Å². The van der Waals surface area contributed by atoms with Crippen molar-refractivity contribution in [2.45, 2.75) is 13.5 Å². The number of nitrogens with zero attached hydrogens (tertiary/aromatic N) is 1. The van der Waals surface area contributed by atoms with Gasteiger partial charge in [-0.15, -0.1) is 0 Å². The first-order valence-electron chi connectivity index (χ1n) is 10.3. The standard InChI is InChI=1S/C25H19BrCl2N2O4/c1-2-33-22-13-15(11-17-24(31)29-30(25(17)32)16-7-4-3-5-8-16)12-19(26)23(22)34-14-18-20(27)9-6-10-21(18)28/h3-13H,2,14H2,1H3,(H,29,31). The normalized spacial score (nSPS) is 14.5. The van der Waals surface area contributed by atoms with Crippen LogP contribution in [0.1, 0.15) is 18.1 Å². The first-order chi connectivity index (χ1) is 16.4. The average Bonchev–Trinajstić information content (AvgIpc) is 3.09. The molecule has 0 bridgehead atoms. The van der Waals surface area contributed by atoms with Crippen molar-refractivity contribution in [3.05, 3.63) is 91.9 Å². The maximum atomic E-state index is 12.9. The molecule has 6 nitrogen and oxygen atoms in total. The van der Waals surface area contributed by atoms with Crippen molar-refractivity contribution < 1.29 is 19.1 Å². The van der Waals surface area contributed by atoms with Gasteiger partial charge in [-0.25, -0.2) is 5.01 Å². The van der Waals surface area contributed by atoms with Crippen LogP contribution in [0.15, 0.2) is 70.7 Å². The summed E-state index contributed by atoms with van der Waals surface area (Å²) in [5.41, 5.74) is 4.41. The number of para-hydroxylation sites is 1. The molecule has 174 valence electrons. The highest BCUT2D eigenvalue weighted by Crippen LogP contribution is 2.39. The number of benzene rings is 3. The number of ether oxygens (including phenoxy) is 2. The van der Waals surface area contributed by atoms with Gasteiger partial charge in [0.25, 0.3) is 11.8 Å². The number of hydrogen-bond donors (Lipinski definition) is 1. The lowest BCUT2D eigenvalue weighted by Gasteiger charge is -2.16. The molecule has 1 N–H and O–H groups in total. The molecule has 3 aromatic rings. The fourth-order valence-electron chi connectivity index (χ4n) is 3.37. The van der Waals surface area contributed by atoms with E-state index in [0.717, 1.165) is 0 Å². The smallest absolute Gasteiger partial charge is 0.282 e. The van der Waals surface area contributed by atoms with E-state index >= 15 is 0 Å². The Labute approximate surface area is 215 Å². The van der Waals surface area contributed by atoms with Crippen LogP contribution in [-0.4, -0.2) is 18.4 Å². The molecule has 0 aromatic heterocycles. The second-order valence-corrected chi connectivity index (χ2v) is 8.90. The molecule has 1 heterocycles. The van der Waals surface area contributed by atoms with Crippen LogP contribution in [0.2, 0.25) is 10.0 Å². The summed E-state index contributed by atoms with van der Waals surface area (Å²) in [6, 6.07) is 17.6. The number of anilines is 1. The first kappa shape index (κ1) is 24.1. The number of nitrogens with one attached hydrogen (secondary N) is 1. The van der Waals surface area contributed by atoms with E-state index < -0.39 is 11.8 Å². The maximum Gasteiger partial charge on any atom is 0.282 e. The van der Waals surface area contributed by atoms with Crippen LogP contribution in [0.4, 0.5) is 5.69 Å². The molecule has 0 unspecified atom stereocenters. The predicted molar refractivity (Wildman–Crippen MR) is 136 cm³/mol. The topological polar surface area (TPSA) is 67.9 Å². The van der Waals surface area contributed by atoms with Gasteiger partial charge in [0.15, 0.2) is 11.5 Å². The molecule has 1 saturated heterocycles. The molecule has 0 radical (unpaired) electrons. The molecule has 2 amide bonds. The Morgan fingerprint density at radius 3 is 2.38 bits per heavy atom. The molecule has 34 heavy (non-hydrogen) atoms. The van der Waals surface area contributed by atoms with Crippen LogP contribution in [0, 0.1) is 0 Å². The van der Waals surface area contributed by atoms with E-state index in [-0.39, 0.29) is 12.2 Å². The van der Waals surface area contributed by atoms with Crippen molar-refractivity contribution in [3.8, 4) is 11.5 Å². The Morgan fingerprint density at radius 2 is 1.71 bits per heavy atom. The molecule has 4 rings (SSSR count). The van der Waals surface area contributed by atoms with Crippen molar-refractivity contribution >= 4 is 62.7 Å². The summed E-state index contributed by atoms with van der Waals surface area (Å²) in [5.74, 6) is -0.0404. The highest BCUT2D eigenvalue weighted by molar-refractivity contribution is 9.10. The lowest BCUT2D eigenvalue weighted by atomic mass is 10.1. The van der Waals surface area contributed by atoms with Crippen LogP contribution >= 0.6 is 39.1 Å². The van der Waals surface area contributed by atoms with Crippen molar-refractivity contribution in [2.75, 3.05) is 11.6 Å². The number of rotatable bonds is 7. The van der Waals surface area contributed by atoms with Gasteiger partial charge in [0.1, 0.15) is 12.2 Å². The molecular formula is C25H19BrCl2N2O4. The minimum absolute atomic E-state index is 0.00900. The van der Waals surface area contributed by atoms with Crippen molar-refractivity contribution in [1.82, 2.24) is 5.43 Å². The van der Waals surface area contributed by atoms with Crippen LogP contribution in [0.3, 0.4) is 0 Å². The molecule has 3 aromatic carbocycles. The molecule has 1 aliphatic rings. The van der Waals surface area contributed by atoms with Gasteiger partial charge in [0.2, 0.25) is 0 Å². The van der Waals surface area contributed by atoms with Gasteiger partial charge < -0.3 is 9.47 Å². The molecule has 1 fully saturated rings. The third-order valence-corrected chi connectivity index (χ3v) is 6.27. The second kappa shape index (κ2) is 10.5. The van der Waals surface area contributed by atoms with Crippen molar-refractivity contribution in [2.24, 2.45) is 0 Å². The summed E-state index contributed by atoms with van der Waals surface area (Å²) < 4.78 is 12.3. The summed E-state index contributed by atoms with van der Waals surface area (Å²) in [4.78, 5) is 25.4. The van der Waals surface area contributed by atoms with E-state index in [1.807, 2.05) is 13.0 Å². The van der Waals surface area contributed by atoms with Gasteiger partial charge in [-0.2, -0.15) is 0 Å². The summed E-state index contributed by atoms with van der Waals surface area (Å²) in [6.45, 7) is 2.36. The van der Waals surface area contributed by atoms with E-state index in [1.54, 1.807) is 54.6 Å². The zero-order valence-corrected chi connectivity index (χ0v) is 21.1. The number of carbonyl (C=O) groups excluding carboxylic acids is 2. The Bertz CT molecular complexity index is 1260. The van der Waals surface area contributed by atoms with Gasteiger partial charge in [-0.05, 0) is 70.9 Å². The quantitative estimate of drug-likeness (QED) is 0.276. The van der Waals surface area contributed by atoms with Gasteiger partial charge in [0, 0.05) is 15.6 Å². The molecular weight excluding hydrogens is 543 g/mol. The van der Waals surface area contributed by atoms with Crippen molar-refractivity contribution in [3.63, 3.8) is 0 Å². The fourth-order valence-corrected chi connectivity index (χ4v) is 4.45. The molecule has 9 heteroatoms. The van der Waals surface area contributed by atoms with Crippen LogP contribution in [0.25, 0.3) is 6.08 Å². The molecule has 0 aliphatic carbocycles. The molecule has 1 aliphatic heterocycles. The highest BCUT2D eigenvalue weighted by Gasteiger charge is 2.34. The zero-order valence-electron chi connectivity index (χ0n) is 18.0. The second-order valence-electron chi connectivity index (χ2n) is 7.23.